The van der Waals surface area contributed by atoms with Crippen LogP contribution in [0, 0.1) is 0 Å². The molecule has 9 nitrogen and oxygen atoms in total. The standard InChI is InChI=1S/C24H24N4O5S3/c1-2-33-24(30)27-11-13-28(14-12-27)36(31,32)17-9-7-16(8-10-17)22(29)26-23-25-21-18-5-3-4-6-19(18)34-15-20(21)35-23/h3-10H,2,11-15H2,1H3,(H,25,26,29). The zero-order valence-corrected chi connectivity index (χ0v) is 21.9. The Labute approximate surface area is 217 Å². The fraction of sp³-hybridized carbons (Fsp3) is 0.292. The van der Waals surface area contributed by atoms with Crippen molar-refractivity contribution in [1.82, 2.24) is 14.2 Å². The molecule has 3 heterocycles. The van der Waals surface area contributed by atoms with E-state index in [1.54, 1.807) is 18.7 Å². The van der Waals surface area contributed by atoms with Crippen molar-refractivity contribution in [2.45, 2.75) is 22.5 Å². The van der Waals surface area contributed by atoms with E-state index in [0.29, 0.717) is 10.7 Å². The average molecular weight is 545 g/mol. The van der Waals surface area contributed by atoms with Gasteiger partial charge < -0.3 is 9.64 Å². The van der Waals surface area contributed by atoms with Crippen LogP contribution in [0.15, 0.2) is 58.3 Å². The summed E-state index contributed by atoms with van der Waals surface area (Å²) < 4.78 is 32.4. The third kappa shape index (κ3) is 4.85. The minimum atomic E-state index is -3.75. The number of thiazole rings is 1. The van der Waals surface area contributed by atoms with Crippen LogP contribution in [-0.4, -0.2) is 67.4 Å². The molecule has 12 heteroatoms. The van der Waals surface area contributed by atoms with Gasteiger partial charge in [-0.05, 0) is 37.3 Å². The number of carbonyl (C=O) groups is 2. The van der Waals surface area contributed by atoms with Crippen molar-refractivity contribution in [2.75, 3.05) is 38.1 Å². The van der Waals surface area contributed by atoms with E-state index in [1.165, 1.54) is 49.7 Å². The number of anilines is 1. The van der Waals surface area contributed by atoms with E-state index in [2.05, 4.69) is 16.4 Å². The molecule has 5 rings (SSSR count). The van der Waals surface area contributed by atoms with Crippen molar-refractivity contribution in [3.05, 3.63) is 59.0 Å². The highest BCUT2D eigenvalue weighted by molar-refractivity contribution is 7.98. The Kier molecular flexibility index (Phi) is 7.02. The molecule has 1 fully saturated rings. The SMILES string of the molecule is CCOC(=O)N1CCN(S(=O)(=O)c2ccc(C(=O)Nc3nc4c(s3)CSc3ccccc3-4)cc2)CC1. The number of nitrogens with one attached hydrogen (secondary N) is 1. The Balaban J connectivity index is 1.24. The van der Waals surface area contributed by atoms with Gasteiger partial charge in [0.1, 0.15) is 0 Å². The van der Waals surface area contributed by atoms with E-state index in [4.69, 9.17) is 4.74 Å². The third-order valence-corrected chi connectivity index (χ3v) is 10.1. The molecular formula is C24H24N4O5S3. The van der Waals surface area contributed by atoms with Crippen LogP contribution in [0.3, 0.4) is 0 Å². The molecule has 1 aromatic heterocycles. The van der Waals surface area contributed by atoms with Gasteiger partial charge in [-0.25, -0.2) is 18.2 Å². The first-order valence-electron chi connectivity index (χ1n) is 11.4. The number of sulfonamides is 1. The molecule has 0 unspecified atom stereocenters. The van der Waals surface area contributed by atoms with Gasteiger partial charge >= 0.3 is 6.09 Å². The van der Waals surface area contributed by atoms with Crippen LogP contribution < -0.4 is 5.32 Å². The van der Waals surface area contributed by atoms with Crippen LogP contribution >= 0.6 is 23.1 Å². The van der Waals surface area contributed by atoms with Crippen LogP contribution in [0.2, 0.25) is 0 Å². The second kappa shape index (κ2) is 10.2. The average Bonchev–Trinajstić information content (AvgIpc) is 3.32. The minimum Gasteiger partial charge on any atom is -0.450 e. The largest absolute Gasteiger partial charge is 0.450 e. The second-order valence-electron chi connectivity index (χ2n) is 8.14. The molecule has 1 N–H and O–H groups in total. The van der Waals surface area contributed by atoms with Crippen LogP contribution in [0.4, 0.5) is 9.93 Å². The quantitative estimate of drug-likeness (QED) is 0.514. The molecule has 0 bridgehead atoms. The number of nitrogens with zero attached hydrogens (tertiary/aromatic N) is 3. The molecule has 3 aromatic rings. The van der Waals surface area contributed by atoms with E-state index in [-0.39, 0.29) is 43.6 Å². The van der Waals surface area contributed by atoms with Gasteiger partial charge in [0.25, 0.3) is 5.91 Å². The number of benzene rings is 2. The summed E-state index contributed by atoms with van der Waals surface area (Å²) in [7, 11) is -3.75. The van der Waals surface area contributed by atoms with E-state index in [0.717, 1.165) is 21.9 Å². The van der Waals surface area contributed by atoms with Gasteiger partial charge in [-0.2, -0.15) is 4.31 Å². The lowest BCUT2D eigenvalue weighted by atomic mass is 10.1. The van der Waals surface area contributed by atoms with Gasteiger partial charge in [0.15, 0.2) is 5.13 Å². The van der Waals surface area contributed by atoms with Crippen LogP contribution in [0.5, 0.6) is 0 Å². The van der Waals surface area contributed by atoms with Gasteiger partial charge in [0.05, 0.1) is 17.2 Å². The summed E-state index contributed by atoms with van der Waals surface area (Å²) in [5.74, 6) is 0.453. The zero-order valence-electron chi connectivity index (χ0n) is 19.5. The molecule has 0 atom stereocenters. The summed E-state index contributed by atoms with van der Waals surface area (Å²) in [4.78, 5) is 33.2. The van der Waals surface area contributed by atoms with E-state index < -0.39 is 16.1 Å². The van der Waals surface area contributed by atoms with E-state index >= 15 is 0 Å². The predicted molar refractivity (Wildman–Crippen MR) is 139 cm³/mol. The Morgan fingerprint density at radius 2 is 1.78 bits per heavy atom. The summed E-state index contributed by atoms with van der Waals surface area (Å²) in [6, 6.07) is 13.9. The molecule has 36 heavy (non-hydrogen) atoms. The lowest BCUT2D eigenvalue weighted by Crippen LogP contribution is -2.50. The van der Waals surface area contributed by atoms with Crippen molar-refractivity contribution in [1.29, 1.82) is 0 Å². The molecule has 188 valence electrons. The maximum Gasteiger partial charge on any atom is 0.409 e. The molecule has 2 aliphatic heterocycles. The number of piperazine rings is 1. The van der Waals surface area contributed by atoms with Crippen molar-refractivity contribution < 1.29 is 22.7 Å². The first kappa shape index (κ1) is 24.8. The molecular weight excluding hydrogens is 520 g/mol. The first-order valence-corrected chi connectivity index (χ1v) is 14.7. The molecule has 0 spiro atoms. The zero-order chi connectivity index (χ0) is 25.3. The number of ether oxygens (including phenoxy) is 1. The number of rotatable bonds is 5. The third-order valence-electron chi connectivity index (χ3n) is 5.94. The van der Waals surface area contributed by atoms with Gasteiger partial charge in [-0.1, -0.05) is 18.2 Å². The molecule has 0 saturated carbocycles. The highest BCUT2D eigenvalue weighted by Crippen LogP contribution is 2.44. The van der Waals surface area contributed by atoms with Crippen molar-refractivity contribution in [3.63, 3.8) is 0 Å². The Bertz CT molecular complexity index is 1400. The smallest absolute Gasteiger partial charge is 0.409 e. The lowest BCUT2D eigenvalue weighted by molar-refractivity contribution is 0.0933. The van der Waals surface area contributed by atoms with Gasteiger partial charge in [0, 0.05) is 52.8 Å². The van der Waals surface area contributed by atoms with Crippen LogP contribution in [-0.2, 0) is 20.5 Å². The summed E-state index contributed by atoms with van der Waals surface area (Å²) in [5.41, 5.74) is 2.30. The topological polar surface area (TPSA) is 109 Å². The molecule has 1 saturated heterocycles. The maximum absolute atomic E-state index is 13.1. The Morgan fingerprint density at radius 1 is 1.06 bits per heavy atom. The number of carbonyl (C=O) groups excluding carboxylic acids is 2. The van der Waals surface area contributed by atoms with Crippen molar-refractivity contribution in [2.24, 2.45) is 0 Å². The molecule has 2 amide bonds. The summed E-state index contributed by atoms with van der Waals surface area (Å²) in [6.07, 6.45) is -0.436. The van der Waals surface area contributed by atoms with E-state index in [9.17, 15) is 18.0 Å². The number of hydrogen-bond acceptors (Lipinski definition) is 8. The van der Waals surface area contributed by atoms with Gasteiger partial charge in [-0.3, -0.25) is 10.1 Å². The summed E-state index contributed by atoms with van der Waals surface area (Å²) >= 11 is 3.20. The first-order chi connectivity index (χ1) is 17.4. The number of hydrogen-bond donors (Lipinski definition) is 1. The van der Waals surface area contributed by atoms with Crippen LogP contribution in [0.25, 0.3) is 11.3 Å². The van der Waals surface area contributed by atoms with Gasteiger partial charge in [0.2, 0.25) is 10.0 Å². The fourth-order valence-corrected chi connectivity index (χ4v) is 7.59. The minimum absolute atomic E-state index is 0.0991. The molecule has 0 aliphatic carbocycles. The Morgan fingerprint density at radius 3 is 2.50 bits per heavy atom. The normalized spacial score (nSPS) is 15.6. The Hall–Kier alpha value is -2.93. The summed E-state index contributed by atoms with van der Waals surface area (Å²) in [6.45, 7) is 2.89. The maximum atomic E-state index is 13.1. The van der Waals surface area contributed by atoms with Gasteiger partial charge in [-0.15, -0.1) is 23.1 Å². The second-order valence-corrected chi connectivity index (χ2v) is 12.2. The predicted octanol–water partition coefficient (Wildman–Crippen LogP) is 4.13. The number of thioether (sulfide) groups is 1. The lowest BCUT2D eigenvalue weighted by Gasteiger charge is -2.33. The molecule has 2 aliphatic rings. The number of amides is 2. The highest BCUT2D eigenvalue weighted by Gasteiger charge is 2.31. The van der Waals surface area contributed by atoms with Crippen LogP contribution in [0.1, 0.15) is 22.2 Å². The van der Waals surface area contributed by atoms with Crippen molar-refractivity contribution >= 4 is 50.3 Å². The molecule has 0 radical (unpaired) electrons. The molecule has 2 aromatic carbocycles. The summed E-state index contributed by atoms with van der Waals surface area (Å²) in [5, 5.41) is 3.36. The van der Waals surface area contributed by atoms with E-state index in [1.807, 2.05) is 18.2 Å². The number of fused-ring (bicyclic) bond motifs is 3. The van der Waals surface area contributed by atoms with Crippen molar-refractivity contribution in [3.8, 4) is 11.3 Å². The monoisotopic (exact) mass is 544 g/mol. The highest BCUT2D eigenvalue weighted by atomic mass is 32.2. The fourth-order valence-electron chi connectivity index (χ4n) is 4.07. The number of aromatic nitrogens is 1.